The highest BCUT2D eigenvalue weighted by atomic mass is 32.2. The summed E-state index contributed by atoms with van der Waals surface area (Å²) in [6.45, 7) is 6.20. The monoisotopic (exact) mass is 1250 g/mol. The van der Waals surface area contributed by atoms with Crippen molar-refractivity contribution in [2.24, 2.45) is 0 Å². The van der Waals surface area contributed by atoms with Crippen molar-refractivity contribution >= 4 is 65.0 Å². The third-order valence-electron chi connectivity index (χ3n) is 14.3. The van der Waals surface area contributed by atoms with Crippen molar-refractivity contribution in [3.8, 4) is 6.07 Å². The lowest BCUT2D eigenvalue weighted by molar-refractivity contribution is 0.0684. The van der Waals surface area contributed by atoms with Crippen LogP contribution in [0.5, 0.6) is 0 Å². The van der Waals surface area contributed by atoms with E-state index < -0.39 is 48.0 Å². The molecule has 0 atom stereocenters. The minimum absolute atomic E-state index is 0.0708. The number of aryl methyl sites for hydroxylation is 7. The molecule has 0 aliphatic rings. The zero-order valence-corrected chi connectivity index (χ0v) is 51.7. The Hall–Kier alpha value is -9.87. The molecule has 0 aliphatic heterocycles. The quantitative estimate of drug-likeness (QED) is 0.0329. The van der Waals surface area contributed by atoms with Gasteiger partial charge in [-0.3, -0.25) is 14.2 Å². The fourth-order valence-corrected chi connectivity index (χ4v) is 12.9. The van der Waals surface area contributed by atoms with E-state index >= 15 is 0 Å². The first-order chi connectivity index (χ1) is 42.5. The maximum atomic E-state index is 12.7. The number of hydrogen-bond acceptors (Lipinski definition) is 10. The van der Waals surface area contributed by atoms with Crippen LogP contribution >= 0.6 is 0 Å². The van der Waals surface area contributed by atoms with E-state index in [4.69, 9.17) is 5.26 Å². The topological polar surface area (TPSA) is 274 Å². The van der Waals surface area contributed by atoms with Gasteiger partial charge in [0, 0.05) is 17.1 Å². The summed E-state index contributed by atoms with van der Waals surface area (Å²) in [5.74, 6) is -2.54. The first-order valence-corrected chi connectivity index (χ1v) is 33.0. The van der Waals surface area contributed by atoms with E-state index in [2.05, 4.69) is 34.9 Å². The predicted molar refractivity (Wildman–Crippen MR) is 346 cm³/mol. The molecule has 0 aliphatic carbocycles. The standard InChI is InChI=1S/2C24H25NO4S.C22H18N2O4S/c1-17(2)19-12-14-22(15-13-19)30(28,29)25-21-8-5-6-18(16-21)10-11-20-7-3-4-9-23(20)24(26)27;1-2-6-18-12-15-22(16-13-18)30(28,29)25-21-9-5-7-19(17-21)11-14-20-8-3-4-10-23(20)24(26)27;23-15-18-8-2-4-11-21(18)29(27,28)24-19-9-5-6-16(14-19)12-13-17-7-1-3-10-20(17)22(25)26/h3-9,12-17,25H,10-11H2,1-2H3,(H,26,27);3-5,7-10,12-13,15-17,25H,2,6,11,14H2,1H3,(H,26,27);1-11,14,24H,12-13H2,(H,25,26). The molecule has 0 heterocycles. The number of carboxylic acid groups (broad SMARTS) is 3. The molecule has 9 rings (SSSR count). The van der Waals surface area contributed by atoms with E-state index in [1.807, 2.05) is 60.7 Å². The number of carbonyl (C=O) groups is 3. The van der Waals surface area contributed by atoms with E-state index in [-0.39, 0.29) is 25.8 Å². The van der Waals surface area contributed by atoms with Crippen LogP contribution in [0.2, 0.25) is 0 Å². The van der Waals surface area contributed by atoms with Gasteiger partial charge in [0.15, 0.2) is 0 Å². The molecule has 0 aromatic heterocycles. The zero-order valence-electron chi connectivity index (χ0n) is 49.2. The number of rotatable bonds is 24. The second-order valence-electron chi connectivity index (χ2n) is 21.0. The molecular weight excluding hydrogens is 1180 g/mol. The number of nitrogens with one attached hydrogen (secondary N) is 3. The van der Waals surface area contributed by atoms with Gasteiger partial charge in [0.1, 0.15) is 11.0 Å². The Morgan fingerprint density at radius 3 is 1.11 bits per heavy atom. The number of nitriles is 1. The van der Waals surface area contributed by atoms with Gasteiger partial charge in [-0.25, -0.2) is 39.6 Å². The number of hydrogen-bond donors (Lipinski definition) is 6. The van der Waals surface area contributed by atoms with Gasteiger partial charge in [0.2, 0.25) is 0 Å². The van der Waals surface area contributed by atoms with Gasteiger partial charge in [-0.15, -0.1) is 0 Å². The molecule has 89 heavy (non-hydrogen) atoms. The number of nitrogens with zero attached hydrogens (tertiary/aromatic N) is 1. The van der Waals surface area contributed by atoms with E-state index in [1.54, 1.807) is 152 Å². The third-order valence-corrected chi connectivity index (χ3v) is 18.5. The molecule has 458 valence electrons. The number of benzene rings is 9. The van der Waals surface area contributed by atoms with Gasteiger partial charge in [-0.1, -0.05) is 155 Å². The molecule has 0 amide bonds. The Labute approximate surface area is 520 Å². The van der Waals surface area contributed by atoms with Crippen molar-refractivity contribution in [3.63, 3.8) is 0 Å². The summed E-state index contributed by atoms with van der Waals surface area (Å²) in [5.41, 5.74) is 9.37. The third kappa shape index (κ3) is 19.3. The molecule has 16 nitrogen and oxygen atoms in total. The fourth-order valence-electron chi connectivity index (χ4n) is 9.64. The van der Waals surface area contributed by atoms with E-state index in [9.17, 15) is 55.0 Å². The Morgan fingerprint density at radius 1 is 0.404 bits per heavy atom. The van der Waals surface area contributed by atoms with Gasteiger partial charge in [-0.05, 0) is 186 Å². The van der Waals surface area contributed by atoms with Gasteiger partial charge in [0.05, 0.1) is 32.0 Å². The minimum Gasteiger partial charge on any atom is -0.478 e. The second-order valence-corrected chi connectivity index (χ2v) is 26.0. The molecule has 0 spiro atoms. The molecule has 19 heteroatoms. The molecule has 9 aromatic rings. The minimum atomic E-state index is -3.91. The van der Waals surface area contributed by atoms with E-state index in [0.717, 1.165) is 51.8 Å². The molecule has 0 bridgehead atoms. The van der Waals surface area contributed by atoms with Crippen LogP contribution in [-0.2, 0) is 75.0 Å². The summed E-state index contributed by atoms with van der Waals surface area (Å²) in [6, 6.07) is 63.6. The highest BCUT2D eigenvalue weighted by Crippen LogP contribution is 2.25. The van der Waals surface area contributed by atoms with Gasteiger partial charge >= 0.3 is 17.9 Å². The second kappa shape index (κ2) is 31.2. The smallest absolute Gasteiger partial charge is 0.335 e. The lowest BCUT2D eigenvalue weighted by Gasteiger charge is -2.11. The largest absolute Gasteiger partial charge is 0.478 e. The lowest BCUT2D eigenvalue weighted by atomic mass is 10.00. The summed E-state index contributed by atoms with van der Waals surface area (Å²) in [6.07, 6.45) is 5.29. The maximum absolute atomic E-state index is 12.7. The maximum Gasteiger partial charge on any atom is 0.335 e. The van der Waals surface area contributed by atoms with E-state index in [1.165, 1.54) is 12.1 Å². The average molecular weight is 1250 g/mol. The molecule has 0 fully saturated rings. The Kier molecular flexibility index (Phi) is 23.3. The lowest BCUT2D eigenvalue weighted by Crippen LogP contribution is -2.14. The van der Waals surface area contributed by atoms with Gasteiger partial charge in [-0.2, -0.15) is 5.26 Å². The summed E-state index contributed by atoms with van der Waals surface area (Å²) in [4.78, 5) is 34.4. The Morgan fingerprint density at radius 2 is 0.753 bits per heavy atom. The van der Waals surface area contributed by atoms with Crippen LogP contribution in [0.25, 0.3) is 0 Å². The van der Waals surface area contributed by atoms with Crippen LogP contribution in [0.3, 0.4) is 0 Å². The van der Waals surface area contributed by atoms with E-state index in [0.29, 0.717) is 78.2 Å². The number of sulfonamides is 3. The van der Waals surface area contributed by atoms with Crippen LogP contribution in [-0.4, -0.2) is 58.5 Å². The normalized spacial score (nSPS) is 11.2. The molecule has 0 radical (unpaired) electrons. The van der Waals surface area contributed by atoms with Gasteiger partial charge in [0.25, 0.3) is 30.1 Å². The van der Waals surface area contributed by atoms with Crippen LogP contribution in [0.15, 0.2) is 233 Å². The molecule has 0 saturated heterocycles. The van der Waals surface area contributed by atoms with Crippen molar-refractivity contribution in [2.75, 3.05) is 14.2 Å². The Balaban J connectivity index is 0.000000190. The predicted octanol–water partition coefficient (Wildman–Crippen LogP) is 13.9. The van der Waals surface area contributed by atoms with Crippen LogP contribution in [0.1, 0.15) is 114 Å². The van der Waals surface area contributed by atoms with Crippen molar-refractivity contribution in [2.45, 2.75) is 92.7 Å². The van der Waals surface area contributed by atoms with Gasteiger partial charge < -0.3 is 15.3 Å². The van der Waals surface area contributed by atoms with Crippen LogP contribution < -0.4 is 14.2 Å². The number of carboxylic acids is 3. The molecule has 0 saturated carbocycles. The molecule has 0 unspecified atom stereocenters. The number of anilines is 3. The number of aromatic carboxylic acids is 3. The molecule has 9 aromatic carbocycles. The molecule has 6 N–H and O–H groups in total. The van der Waals surface area contributed by atoms with Crippen molar-refractivity contribution in [1.82, 2.24) is 0 Å². The highest BCUT2D eigenvalue weighted by molar-refractivity contribution is 7.93. The summed E-state index contributed by atoms with van der Waals surface area (Å²) in [5, 5.41) is 37.1. The fraction of sp³-hybridized carbons (Fsp3) is 0.171. The Bertz CT molecular complexity index is 4340. The highest BCUT2D eigenvalue weighted by Gasteiger charge is 2.20. The van der Waals surface area contributed by atoms with Crippen molar-refractivity contribution in [3.05, 3.63) is 285 Å². The first kappa shape index (κ1) is 66.7. The summed E-state index contributed by atoms with van der Waals surface area (Å²) < 4.78 is 83.9. The summed E-state index contributed by atoms with van der Waals surface area (Å²) in [7, 11) is -11.3. The average Bonchev–Trinajstić information content (AvgIpc) is 2.14. The summed E-state index contributed by atoms with van der Waals surface area (Å²) >= 11 is 0. The zero-order chi connectivity index (χ0) is 64.1. The molecular formula is C70H68N4O12S3. The van der Waals surface area contributed by atoms with Crippen LogP contribution in [0.4, 0.5) is 17.1 Å². The SMILES string of the molecule is CC(C)c1ccc(S(=O)(=O)Nc2cccc(CCc3ccccc3C(=O)O)c2)cc1.CCCc1ccc(S(=O)(=O)Nc2cccc(CCc3ccccc3C(=O)O)c2)cc1.N#Cc1ccccc1S(=O)(=O)Nc1cccc(CCc2ccccc2C(=O)O)c1. The van der Waals surface area contributed by atoms with Crippen molar-refractivity contribution in [1.29, 1.82) is 5.26 Å². The van der Waals surface area contributed by atoms with Crippen LogP contribution in [0, 0.1) is 11.3 Å². The first-order valence-electron chi connectivity index (χ1n) is 28.5. The van der Waals surface area contributed by atoms with Crippen molar-refractivity contribution < 1.29 is 55.0 Å².